The van der Waals surface area contributed by atoms with E-state index in [0.717, 1.165) is 28.2 Å². The molecule has 0 saturated carbocycles. The number of fused-ring (bicyclic) bond motifs is 1. The number of benzene rings is 3. The summed E-state index contributed by atoms with van der Waals surface area (Å²) in [4.78, 5) is 19.4. The fourth-order valence-corrected chi connectivity index (χ4v) is 2.98. The van der Waals surface area contributed by atoms with Crippen molar-refractivity contribution in [2.24, 2.45) is 10.7 Å². The topological polar surface area (TPSA) is 58.7 Å². The minimum Gasteiger partial charge on any atom is -0.326 e. The molecule has 0 saturated heterocycles. The number of hydrogen-bond donors (Lipinski definition) is 1. The number of carbonyl (C=O) groups excluding carboxylic acids is 1. The van der Waals surface area contributed by atoms with Gasteiger partial charge in [-0.15, -0.1) is 0 Å². The van der Waals surface area contributed by atoms with Crippen LogP contribution in [0, 0.1) is 0 Å². The van der Waals surface area contributed by atoms with E-state index in [4.69, 9.17) is 5.73 Å². The highest BCUT2D eigenvalue weighted by Crippen LogP contribution is 2.36. The van der Waals surface area contributed by atoms with Crippen molar-refractivity contribution in [3.8, 4) is 0 Å². The molecule has 1 heterocycles. The Labute approximate surface area is 146 Å². The third kappa shape index (κ3) is 2.73. The lowest BCUT2D eigenvalue weighted by Crippen LogP contribution is -2.25. The monoisotopic (exact) mass is 327 g/mol. The van der Waals surface area contributed by atoms with Crippen LogP contribution in [0.25, 0.3) is 0 Å². The first-order chi connectivity index (χ1) is 12.3. The molecule has 0 aliphatic carbocycles. The Kier molecular flexibility index (Phi) is 3.88. The lowest BCUT2D eigenvalue weighted by Gasteiger charge is -2.16. The van der Waals surface area contributed by atoms with E-state index < -0.39 is 0 Å². The first-order valence-electron chi connectivity index (χ1n) is 8.14. The molecule has 0 unspecified atom stereocenters. The van der Waals surface area contributed by atoms with Gasteiger partial charge in [0.25, 0.3) is 5.91 Å². The minimum atomic E-state index is -0.115. The smallest absolute Gasteiger partial charge is 0.282 e. The fourth-order valence-electron chi connectivity index (χ4n) is 2.98. The second kappa shape index (κ2) is 6.34. The molecule has 122 valence electrons. The van der Waals surface area contributed by atoms with E-state index in [1.807, 2.05) is 78.9 Å². The van der Waals surface area contributed by atoms with Crippen LogP contribution in [-0.4, -0.2) is 11.6 Å². The molecular formula is C21H17N3O. The molecule has 0 spiro atoms. The number of carbonyl (C=O) groups is 1. The normalized spacial score (nSPS) is 14.8. The Bertz CT molecular complexity index is 946. The highest BCUT2D eigenvalue weighted by Gasteiger charge is 2.34. The molecule has 4 heteroatoms. The number of rotatable bonds is 3. The molecule has 3 aromatic carbocycles. The molecule has 2 N–H and O–H groups in total. The van der Waals surface area contributed by atoms with Crippen LogP contribution >= 0.6 is 0 Å². The average Bonchev–Trinajstić information content (AvgIpc) is 2.95. The Hall–Kier alpha value is -3.24. The van der Waals surface area contributed by atoms with Gasteiger partial charge in [-0.25, -0.2) is 4.99 Å². The number of amides is 1. The maximum atomic E-state index is 13.1. The number of nitrogens with zero attached hydrogens (tertiary/aromatic N) is 2. The maximum absolute atomic E-state index is 13.1. The van der Waals surface area contributed by atoms with Crippen LogP contribution < -0.4 is 10.6 Å². The molecule has 1 aliphatic heterocycles. The average molecular weight is 327 g/mol. The summed E-state index contributed by atoms with van der Waals surface area (Å²) in [5, 5.41) is 0. The van der Waals surface area contributed by atoms with Crippen molar-refractivity contribution in [3.63, 3.8) is 0 Å². The molecule has 4 nitrogen and oxygen atoms in total. The molecule has 0 bridgehead atoms. The Morgan fingerprint density at radius 2 is 1.52 bits per heavy atom. The van der Waals surface area contributed by atoms with E-state index in [1.54, 1.807) is 4.90 Å². The van der Waals surface area contributed by atoms with E-state index in [0.29, 0.717) is 12.3 Å². The lowest BCUT2D eigenvalue weighted by molar-refractivity contribution is -0.111. The zero-order valence-electron chi connectivity index (χ0n) is 13.6. The van der Waals surface area contributed by atoms with Gasteiger partial charge in [-0.1, -0.05) is 48.5 Å². The van der Waals surface area contributed by atoms with Gasteiger partial charge in [0.2, 0.25) is 0 Å². The van der Waals surface area contributed by atoms with Crippen molar-refractivity contribution in [1.82, 2.24) is 0 Å². The molecule has 0 aromatic heterocycles. The van der Waals surface area contributed by atoms with Crippen LogP contribution in [-0.2, 0) is 11.3 Å². The van der Waals surface area contributed by atoms with Crippen LogP contribution in [0.2, 0.25) is 0 Å². The summed E-state index contributed by atoms with van der Waals surface area (Å²) < 4.78 is 0. The number of para-hydroxylation sites is 2. The fraction of sp³-hybridized carbons (Fsp3) is 0.0476. The summed E-state index contributed by atoms with van der Waals surface area (Å²) in [7, 11) is 0. The van der Waals surface area contributed by atoms with Crippen molar-refractivity contribution >= 4 is 28.7 Å². The molecule has 4 rings (SSSR count). The molecule has 0 atom stereocenters. The van der Waals surface area contributed by atoms with Gasteiger partial charge < -0.3 is 5.73 Å². The highest BCUT2D eigenvalue weighted by molar-refractivity contribution is 6.56. The minimum absolute atomic E-state index is 0.115. The van der Waals surface area contributed by atoms with Gasteiger partial charge >= 0.3 is 0 Å². The van der Waals surface area contributed by atoms with E-state index in [2.05, 4.69) is 4.99 Å². The maximum Gasteiger partial charge on any atom is 0.282 e. The van der Waals surface area contributed by atoms with Crippen LogP contribution in [0.4, 0.5) is 17.1 Å². The SMILES string of the molecule is NCc1ccc(/N=C2\C(=O)N(c3ccccc3)c3ccccc32)cc1. The van der Waals surface area contributed by atoms with Crippen LogP contribution in [0.5, 0.6) is 0 Å². The largest absolute Gasteiger partial charge is 0.326 e. The van der Waals surface area contributed by atoms with Crippen molar-refractivity contribution in [1.29, 1.82) is 0 Å². The molecular weight excluding hydrogens is 310 g/mol. The van der Waals surface area contributed by atoms with Gasteiger partial charge in [0, 0.05) is 17.8 Å². The zero-order valence-corrected chi connectivity index (χ0v) is 13.6. The van der Waals surface area contributed by atoms with Crippen LogP contribution in [0.15, 0.2) is 83.9 Å². The number of nitrogens with two attached hydrogens (primary N) is 1. The number of aliphatic imine (C=N–C) groups is 1. The second-order valence-corrected chi connectivity index (χ2v) is 5.82. The van der Waals surface area contributed by atoms with E-state index in [9.17, 15) is 4.79 Å². The number of anilines is 2. The molecule has 25 heavy (non-hydrogen) atoms. The zero-order chi connectivity index (χ0) is 17.2. The van der Waals surface area contributed by atoms with Crippen molar-refractivity contribution < 1.29 is 4.79 Å². The van der Waals surface area contributed by atoms with Gasteiger partial charge in [-0.2, -0.15) is 0 Å². The molecule has 3 aromatic rings. The second-order valence-electron chi connectivity index (χ2n) is 5.82. The third-order valence-electron chi connectivity index (χ3n) is 4.23. The van der Waals surface area contributed by atoms with Gasteiger partial charge in [-0.3, -0.25) is 9.69 Å². The quantitative estimate of drug-likeness (QED) is 0.792. The van der Waals surface area contributed by atoms with E-state index >= 15 is 0 Å². The lowest BCUT2D eigenvalue weighted by atomic mass is 10.1. The molecule has 0 radical (unpaired) electrons. The van der Waals surface area contributed by atoms with Gasteiger partial charge in [0.1, 0.15) is 5.71 Å². The predicted molar refractivity (Wildman–Crippen MR) is 101 cm³/mol. The predicted octanol–water partition coefficient (Wildman–Crippen LogP) is 3.94. The van der Waals surface area contributed by atoms with E-state index in [1.165, 1.54) is 0 Å². The van der Waals surface area contributed by atoms with Crippen molar-refractivity contribution in [2.75, 3.05) is 4.90 Å². The third-order valence-corrected chi connectivity index (χ3v) is 4.23. The Morgan fingerprint density at radius 3 is 2.24 bits per heavy atom. The molecule has 0 fully saturated rings. The van der Waals surface area contributed by atoms with E-state index in [-0.39, 0.29) is 5.91 Å². The summed E-state index contributed by atoms with van der Waals surface area (Å²) >= 11 is 0. The standard InChI is InChI=1S/C21H17N3O/c22-14-15-10-12-16(13-11-15)23-20-18-8-4-5-9-19(18)24(21(20)25)17-6-2-1-3-7-17/h1-13H,14,22H2/b23-20-. The van der Waals surface area contributed by atoms with Gasteiger partial charge in [-0.05, 0) is 35.9 Å². The first-order valence-corrected chi connectivity index (χ1v) is 8.14. The Morgan fingerprint density at radius 1 is 0.840 bits per heavy atom. The summed E-state index contributed by atoms with van der Waals surface area (Å²) in [6.45, 7) is 0.487. The van der Waals surface area contributed by atoms with Crippen molar-refractivity contribution in [2.45, 2.75) is 6.54 Å². The highest BCUT2D eigenvalue weighted by atomic mass is 16.2. The Balaban J connectivity index is 1.81. The molecule has 1 aliphatic rings. The summed E-state index contributed by atoms with van der Waals surface area (Å²) in [6.07, 6.45) is 0. The number of hydrogen-bond acceptors (Lipinski definition) is 3. The summed E-state index contributed by atoms with van der Waals surface area (Å²) in [5.74, 6) is -0.115. The molecule has 1 amide bonds. The van der Waals surface area contributed by atoms with Crippen LogP contribution in [0.3, 0.4) is 0 Å². The van der Waals surface area contributed by atoms with Crippen LogP contribution in [0.1, 0.15) is 11.1 Å². The summed E-state index contributed by atoms with van der Waals surface area (Å²) in [6, 6.07) is 25.0. The summed E-state index contributed by atoms with van der Waals surface area (Å²) in [5.41, 5.74) is 10.4. The first kappa shape index (κ1) is 15.3. The van der Waals surface area contributed by atoms with Gasteiger partial charge in [0.15, 0.2) is 0 Å². The van der Waals surface area contributed by atoms with Gasteiger partial charge in [0.05, 0.1) is 11.4 Å². The van der Waals surface area contributed by atoms with Crippen molar-refractivity contribution in [3.05, 3.63) is 90.0 Å².